The van der Waals surface area contributed by atoms with Gasteiger partial charge in [0.25, 0.3) is 0 Å². The Balaban J connectivity index is 2.11. The second-order valence-corrected chi connectivity index (χ2v) is 6.95. The van der Waals surface area contributed by atoms with Gasteiger partial charge >= 0.3 is 0 Å². The van der Waals surface area contributed by atoms with E-state index in [0.717, 1.165) is 18.9 Å². The lowest BCUT2D eigenvalue weighted by Gasteiger charge is -2.26. The Hall–Kier alpha value is -1.01. The number of hydrogen-bond acceptors (Lipinski definition) is 3. The Kier molecular flexibility index (Phi) is 2.67. The number of rotatable bonds is 2. The molecule has 1 saturated carbocycles. The molecule has 0 amide bonds. The first-order valence-corrected chi connectivity index (χ1v) is 7.60. The van der Waals surface area contributed by atoms with E-state index in [0.29, 0.717) is 18.5 Å². The monoisotopic (exact) mass is 273 g/mol. The molecule has 1 aromatic carbocycles. The van der Waals surface area contributed by atoms with E-state index < -0.39 is 21.5 Å². The summed E-state index contributed by atoms with van der Waals surface area (Å²) in [6, 6.07) is 1.86. The molecule has 1 aliphatic carbocycles. The van der Waals surface area contributed by atoms with E-state index in [2.05, 4.69) is 5.32 Å². The van der Waals surface area contributed by atoms with Gasteiger partial charge < -0.3 is 5.32 Å². The third-order valence-corrected chi connectivity index (χ3v) is 5.24. The summed E-state index contributed by atoms with van der Waals surface area (Å²) < 4.78 is 50.7. The third kappa shape index (κ3) is 2.03. The van der Waals surface area contributed by atoms with Gasteiger partial charge in [-0.15, -0.1) is 0 Å². The summed E-state index contributed by atoms with van der Waals surface area (Å²) in [5.41, 5.74) is 0.241. The molecular formula is C12H13F2NO2S. The van der Waals surface area contributed by atoms with E-state index in [9.17, 15) is 17.2 Å². The lowest BCUT2D eigenvalue weighted by Crippen LogP contribution is -2.31. The largest absolute Gasteiger partial charge is 0.307 e. The number of hydrogen-bond donors (Lipinski definition) is 1. The van der Waals surface area contributed by atoms with Crippen LogP contribution in [-0.4, -0.2) is 20.2 Å². The van der Waals surface area contributed by atoms with Crippen molar-refractivity contribution in [3.63, 3.8) is 0 Å². The highest BCUT2D eigenvalue weighted by molar-refractivity contribution is 7.91. The minimum atomic E-state index is -3.62. The van der Waals surface area contributed by atoms with E-state index in [1.807, 2.05) is 0 Å². The molecule has 98 valence electrons. The number of sulfone groups is 1. The molecule has 1 aromatic rings. The van der Waals surface area contributed by atoms with E-state index in [1.165, 1.54) is 0 Å². The molecular weight excluding hydrogens is 260 g/mol. The van der Waals surface area contributed by atoms with Crippen LogP contribution in [-0.2, 0) is 9.84 Å². The molecule has 1 atom stereocenters. The molecule has 0 aromatic heterocycles. The van der Waals surface area contributed by atoms with Crippen molar-refractivity contribution in [2.24, 2.45) is 0 Å². The predicted octanol–water partition coefficient (Wildman–Crippen LogP) is 1.94. The van der Waals surface area contributed by atoms with E-state index in [4.69, 9.17) is 0 Å². The van der Waals surface area contributed by atoms with Crippen LogP contribution in [0.2, 0.25) is 0 Å². The first-order valence-electron chi connectivity index (χ1n) is 5.95. The van der Waals surface area contributed by atoms with E-state index in [-0.39, 0.29) is 22.3 Å². The van der Waals surface area contributed by atoms with Gasteiger partial charge in [-0.1, -0.05) is 0 Å². The van der Waals surface area contributed by atoms with Crippen molar-refractivity contribution in [1.29, 1.82) is 0 Å². The molecule has 0 spiro atoms. The molecule has 3 rings (SSSR count). The molecule has 3 nitrogen and oxygen atoms in total. The van der Waals surface area contributed by atoms with Crippen LogP contribution in [0.5, 0.6) is 0 Å². The standard InChI is InChI=1S/C12H13F2NO2S/c13-7-5-9-11(15-8-1-2-8)3-4-18(16,17)12(9)10(14)6-7/h5-6,8,11,15H,1-4H2. The van der Waals surface area contributed by atoms with Crippen molar-refractivity contribution in [3.05, 3.63) is 29.3 Å². The molecule has 0 saturated heterocycles. The van der Waals surface area contributed by atoms with Crippen molar-refractivity contribution in [2.45, 2.75) is 36.2 Å². The average molecular weight is 273 g/mol. The maximum Gasteiger partial charge on any atom is 0.181 e. The Morgan fingerprint density at radius 1 is 1.17 bits per heavy atom. The summed E-state index contributed by atoms with van der Waals surface area (Å²) in [4.78, 5) is -0.326. The molecule has 1 fully saturated rings. The van der Waals surface area contributed by atoms with Crippen molar-refractivity contribution < 1.29 is 17.2 Å². The summed E-state index contributed by atoms with van der Waals surface area (Å²) in [7, 11) is -3.62. The zero-order chi connectivity index (χ0) is 12.9. The number of nitrogens with one attached hydrogen (secondary N) is 1. The van der Waals surface area contributed by atoms with Gasteiger partial charge in [-0.3, -0.25) is 0 Å². The average Bonchev–Trinajstić information content (AvgIpc) is 3.04. The van der Waals surface area contributed by atoms with Gasteiger partial charge in [-0.2, -0.15) is 0 Å². The summed E-state index contributed by atoms with van der Waals surface area (Å²) in [5, 5.41) is 3.24. The van der Waals surface area contributed by atoms with Crippen LogP contribution in [0.3, 0.4) is 0 Å². The van der Waals surface area contributed by atoms with Crippen LogP contribution >= 0.6 is 0 Å². The number of fused-ring (bicyclic) bond motifs is 1. The van der Waals surface area contributed by atoms with Gasteiger partial charge in [0.15, 0.2) is 9.84 Å². The second-order valence-electron chi connectivity index (χ2n) is 4.91. The second kappa shape index (κ2) is 3.99. The number of benzene rings is 1. The lowest BCUT2D eigenvalue weighted by molar-refractivity contribution is 0.466. The zero-order valence-electron chi connectivity index (χ0n) is 9.62. The van der Waals surface area contributed by atoms with Crippen LogP contribution in [0, 0.1) is 11.6 Å². The Morgan fingerprint density at radius 2 is 1.89 bits per heavy atom. The minimum Gasteiger partial charge on any atom is -0.307 e. The molecule has 2 aliphatic rings. The Morgan fingerprint density at radius 3 is 2.56 bits per heavy atom. The molecule has 0 bridgehead atoms. The molecule has 1 heterocycles. The fraction of sp³-hybridized carbons (Fsp3) is 0.500. The summed E-state index contributed by atoms with van der Waals surface area (Å²) in [6.07, 6.45) is 2.45. The van der Waals surface area contributed by atoms with Gasteiger partial charge in [-0.25, -0.2) is 17.2 Å². The molecule has 1 aliphatic heterocycles. The lowest BCUT2D eigenvalue weighted by atomic mass is 10.0. The number of halogens is 2. The van der Waals surface area contributed by atoms with Crippen molar-refractivity contribution in [1.82, 2.24) is 5.32 Å². The van der Waals surface area contributed by atoms with E-state index in [1.54, 1.807) is 0 Å². The molecule has 6 heteroatoms. The summed E-state index contributed by atoms with van der Waals surface area (Å²) in [5.74, 6) is -1.80. The highest BCUT2D eigenvalue weighted by Crippen LogP contribution is 2.36. The smallest absolute Gasteiger partial charge is 0.181 e. The Labute approximate surface area is 104 Å². The van der Waals surface area contributed by atoms with E-state index >= 15 is 0 Å². The van der Waals surface area contributed by atoms with Gasteiger partial charge in [0.05, 0.1) is 5.75 Å². The summed E-state index contributed by atoms with van der Waals surface area (Å²) in [6.45, 7) is 0. The van der Waals surface area contributed by atoms with Crippen LogP contribution < -0.4 is 5.32 Å². The fourth-order valence-electron chi connectivity index (χ4n) is 2.41. The van der Waals surface area contributed by atoms with Crippen LogP contribution in [0.4, 0.5) is 8.78 Å². The Bertz CT molecular complexity index is 596. The minimum absolute atomic E-state index is 0.0903. The normalized spacial score (nSPS) is 25.8. The van der Waals surface area contributed by atoms with Gasteiger partial charge in [-0.05, 0) is 30.9 Å². The molecule has 1 N–H and O–H groups in total. The van der Waals surface area contributed by atoms with Gasteiger partial charge in [0, 0.05) is 18.2 Å². The zero-order valence-corrected chi connectivity index (χ0v) is 10.4. The predicted molar refractivity (Wildman–Crippen MR) is 61.9 cm³/mol. The molecule has 18 heavy (non-hydrogen) atoms. The summed E-state index contributed by atoms with van der Waals surface area (Å²) >= 11 is 0. The SMILES string of the molecule is O=S1(=O)CCC(NC2CC2)c2cc(F)cc(F)c21. The highest BCUT2D eigenvalue weighted by Gasteiger charge is 2.36. The topological polar surface area (TPSA) is 46.2 Å². The maximum absolute atomic E-state index is 13.7. The fourth-order valence-corrected chi connectivity index (χ4v) is 4.07. The van der Waals surface area contributed by atoms with Crippen LogP contribution in [0.15, 0.2) is 17.0 Å². The van der Waals surface area contributed by atoms with Crippen molar-refractivity contribution in [2.75, 3.05) is 5.75 Å². The van der Waals surface area contributed by atoms with Crippen LogP contribution in [0.25, 0.3) is 0 Å². The maximum atomic E-state index is 13.7. The van der Waals surface area contributed by atoms with Gasteiger partial charge in [0.2, 0.25) is 0 Å². The van der Waals surface area contributed by atoms with Crippen molar-refractivity contribution in [3.8, 4) is 0 Å². The first-order chi connectivity index (χ1) is 8.47. The van der Waals surface area contributed by atoms with Crippen LogP contribution in [0.1, 0.15) is 30.9 Å². The molecule has 0 radical (unpaired) electrons. The van der Waals surface area contributed by atoms with Crippen molar-refractivity contribution >= 4 is 9.84 Å². The first kappa shape index (κ1) is 12.0. The third-order valence-electron chi connectivity index (χ3n) is 3.41. The quantitative estimate of drug-likeness (QED) is 0.838. The molecule has 1 unspecified atom stereocenters. The highest BCUT2D eigenvalue weighted by atomic mass is 32.2. The van der Waals surface area contributed by atoms with Gasteiger partial charge in [0.1, 0.15) is 16.5 Å².